The highest BCUT2D eigenvalue weighted by atomic mass is 16.5. The van der Waals surface area contributed by atoms with Crippen molar-refractivity contribution in [3.63, 3.8) is 0 Å². The van der Waals surface area contributed by atoms with Crippen LogP contribution in [0.15, 0.2) is 24.3 Å². The van der Waals surface area contributed by atoms with E-state index in [0.29, 0.717) is 17.8 Å². The average Bonchev–Trinajstić information content (AvgIpc) is 3.09. The summed E-state index contributed by atoms with van der Waals surface area (Å²) in [5, 5.41) is 0. The van der Waals surface area contributed by atoms with Gasteiger partial charge in [0.05, 0.1) is 6.61 Å². The Bertz CT molecular complexity index is 541. The smallest absolute Gasteiger partial charge is 0.253 e. The molecule has 1 aromatic carbocycles. The van der Waals surface area contributed by atoms with Crippen LogP contribution in [-0.2, 0) is 0 Å². The number of rotatable bonds is 5. The standard InChI is InChI=1S/C19H28N2O2/c1-13(2)9-10-23-16-6-3-14(4-7-16)19(22)21-11-15-5-8-18(20)17(15)12-21/h3-4,6-7,13,15,17-18H,5,8-12,20H2,1-2H3. The van der Waals surface area contributed by atoms with Crippen LogP contribution in [0.25, 0.3) is 0 Å². The second-order valence-electron chi connectivity index (χ2n) is 7.43. The molecule has 3 rings (SSSR count). The topological polar surface area (TPSA) is 55.6 Å². The molecule has 2 N–H and O–H groups in total. The first-order valence-corrected chi connectivity index (χ1v) is 8.82. The molecule has 4 nitrogen and oxygen atoms in total. The SMILES string of the molecule is CC(C)CCOc1ccc(C(=O)N2CC3CCC(N)C3C2)cc1. The van der Waals surface area contributed by atoms with Gasteiger partial charge in [-0.25, -0.2) is 0 Å². The summed E-state index contributed by atoms with van der Waals surface area (Å²) in [7, 11) is 0. The Balaban J connectivity index is 1.56. The van der Waals surface area contributed by atoms with Crippen LogP contribution in [0.2, 0.25) is 0 Å². The van der Waals surface area contributed by atoms with E-state index in [1.54, 1.807) is 0 Å². The van der Waals surface area contributed by atoms with E-state index >= 15 is 0 Å². The van der Waals surface area contributed by atoms with Crippen LogP contribution in [0.3, 0.4) is 0 Å². The van der Waals surface area contributed by atoms with Gasteiger partial charge in [-0.1, -0.05) is 13.8 Å². The second kappa shape index (κ2) is 6.91. The molecular formula is C19H28N2O2. The Hall–Kier alpha value is -1.55. The van der Waals surface area contributed by atoms with Gasteiger partial charge in [0.1, 0.15) is 5.75 Å². The van der Waals surface area contributed by atoms with Crippen LogP contribution < -0.4 is 10.5 Å². The van der Waals surface area contributed by atoms with Gasteiger partial charge >= 0.3 is 0 Å². The molecule has 1 aliphatic heterocycles. The van der Waals surface area contributed by atoms with Gasteiger partial charge in [-0.2, -0.15) is 0 Å². The summed E-state index contributed by atoms with van der Waals surface area (Å²) in [5.41, 5.74) is 6.90. The lowest BCUT2D eigenvalue weighted by Gasteiger charge is -2.19. The number of hydrogen-bond donors (Lipinski definition) is 1. The fourth-order valence-electron chi connectivity index (χ4n) is 3.76. The molecule has 3 unspecified atom stereocenters. The lowest BCUT2D eigenvalue weighted by atomic mass is 9.98. The summed E-state index contributed by atoms with van der Waals surface area (Å²) in [6.07, 6.45) is 3.31. The highest BCUT2D eigenvalue weighted by Crippen LogP contribution is 2.37. The van der Waals surface area contributed by atoms with Crippen LogP contribution in [0.1, 0.15) is 43.5 Å². The monoisotopic (exact) mass is 316 g/mol. The fourth-order valence-corrected chi connectivity index (χ4v) is 3.76. The third kappa shape index (κ3) is 3.69. The number of likely N-dealkylation sites (tertiary alicyclic amines) is 1. The zero-order valence-electron chi connectivity index (χ0n) is 14.2. The highest BCUT2D eigenvalue weighted by molar-refractivity contribution is 5.94. The van der Waals surface area contributed by atoms with Crippen molar-refractivity contribution >= 4 is 5.91 Å². The van der Waals surface area contributed by atoms with Crippen LogP contribution in [0.5, 0.6) is 5.75 Å². The average molecular weight is 316 g/mol. The Labute approximate surface area is 139 Å². The largest absolute Gasteiger partial charge is 0.494 e. The zero-order valence-corrected chi connectivity index (χ0v) is 14.2. The van der Waals surface area contributed by atoms with E-state index in [-0.39, 0.29) is 11.9 Å². The first kappa shape index (κ1) is 16.3. The van der Waals surface area contributed by atoms with Crippen molar-refractivity contribution in [3.05, 3.63) is 29.8 Å². The molecule has 1 saturated carbocycles. The van der Waals surface area contributed by atoms with Gasteiger partial charge in [-0.15, -0.1) is 0 Å². The molecule has 0 aromatic heterocycles. The molecule has 126 valence electrons. The number of carbonyl (C=O) groups is 1. The highest BCUT2D eigenvalue weighted by Gasteiger charge is 2.42. The van der Waals surface area contributed by atoms with Crippen LogP contribution in [0, 0.1) is 17.8 Å². The molecule has 2 aliphatic rings. The number of amides is 1. The lowest BCUT2D eigenvalue weighted by Crippen LogP contribution is -2.33. The second-order valence-corrected chi connectivity index (χ2v) is 7.43. The number of nitrogens with two attached hydrogens (primary N) is 1. The lowest BCUT2D eigenvalue weighted by molar-refractivity contribution is 0.0779. The van der Waals surface area contributed by atoms with E-state index in [9.17, 15) is 4.79 Å². The van der Waals surface area contributed by atoms with Crippen LogP contribution in [0.4, 0.5) is 0 Å². The van der Waals surface area contributed by atoms with Gasteiger partial charge in [0.15, 0.2) is 0 Å². The number of benzene rings is 1. The van der Waals surface area contributed by atoms with E-state index in [1.165, 1.54) is 0 Å². The molecule has 1 aliphatic carbocycles. The zero-order chi connectivity index (χ0) is 16.4. The van der Waals surface area contributed by atoms with Crippen molar-refractivity contribution in [2.45, 2.75) is 39.2 Å². The Morgan fingerprint density at radius 2 is 2.00 bits per heavy atom. The van der Waals surface area contributed by atoms with Gasteiger partial charge in [0.25, 0.3) is 5.91 Å². The fraction of sp³-hybridized carbons (Fsp3) is 0.632. The van der Waals surface area contributed by atoms with Crippen molar-refractivity contribution in [1.82, 2.24) is 4.90 Å². The van der Waals surface area contributed by atoms with E-state index < -0.39 is 0 Å². The maximum atomic E-state index is 12.6. The Morgan fingerprint density at radius 3 is 2.65 bits per heavy atom. The summed E-state index contributed by atoms with van der Waals surface area (Å²) < 4.78 is 5.71. The molecule has 1 heterocycles. The van der Waals surface area contributed by atoms with E-state index in [2.05, 4.69) is 13.8 Å². The maximum Gasteiger partial charge on any atom is 0.253 e. The van der Waals surface area contributed by atoms with Crippen molar-refractivity contribution in [2.75, 3.05) is 19.7 Å². The Morgan fingerprint density at radius 1 is 1.26 bits per heavy atom. The minimum Gasteiger partial charge on any atom is -0.494 e. The van der Waals surface area contributed by atoms with Crippen molar-refractivity contribution in [3.8, 4) is 5.75 Å². The number of ether oxygens (including phenoxy) is 1. The third-order valence-electron chi connectivity index (χ3n) is 5.26. The molecule has 1 saturated heterocycles. The predicted octanol–water partition coefficient (Wildman–Crippen LogP) is 2.92. The summed E-state index contributed by atoms with van der Waals surface area (Å²) in [6, 6.07) is 7.82. The minimum absolute atomic E-state index is 0.125. The van der Waals surface area contributed by atoms with Gasteiger partial charge in [0.2, 0.25) is 0 Å². The molecule has 1 aromatic rings. The number of nitrogens with zero attached hydrogens (tertiary/aromatic N) is 1. The number of carbonyl (C=O) groups excluding carboxylic acids is 1. The number of fused-ring (bicyclic) bond motifs is 1. The quantitative estimate of drug-likeness (QED) is 0.908. The third-order valence-corrected chi connectivity index (χ3v) is 5.26. The van der Waals surface area contributed by atoms with E-state index in [4.69, 9.17) is 10.5 Å². The first-order chi connectivity index (χ1) is 11.0. The van der Waals surface area contributed by atoms with Gasteiger partial charge < -0.3 is 15.4 Å². The first-order valence-electron chi connectivity index (χ1n) is 8.82. The molecule has 2 fully saturated rings. The molecule has 0 spiro atoms. The molecule has 1 amide bonds. The van der Waals surface area contributed by atoms with Crippen LogP contribution >= 0.6 is 0 Å². The number of hydrogen-bond acceptors (Lipinski definition) is 3. The summed E-state index contributed by atoms with van der Waals surface area (Å²) in [6.45, 7) is 6.77. The Kier molecular flexibility index (Phi) is 4.90. The molecule has 0 radical (unpaired) electrons. The summed E-state index contributed by atoms with van der Waals surface area (Å²) in [5.74, 6) is 2.70. The van der Waals surface area contributed by atoms with Gasteiger partial charge in [-0.05, 0) is 61.3 Å². The summed E-state index contributed by atoms with van der Waals surface area (Å²) in [4.78, 5) is 14.6. The predicted molar refractivity (Wildman–Crippen MR) is 91.5 cm³/mol. The van der Waals surface area contributed by atoms with Gasteiger partial charge in [-0.3, -0.25) is 4.79 Å². The van der Waals surface area contributed by atoms with Gasteiger partial charge in [0, 0.05) is 24.7 Å². The maximum absolute atomic E-state index is 12.6. The molecule has 0 bridgehead atoms. The molecule has 4 heteroatoms. The van der Waals surface area contributed by atoms with Crippen molar-refractivity contribution in [2.24, 2.45) is 23.5 Å². The van der Waals surface area contributed by atoms with E-state index in [0.717, 1.165) is 50.3 Å². The van der Waals surface area contributed by atoms with E-state index in [1.807, 2.05) is 29.2 Å². The molecular weight excluding hydrogens is 288 g/mol. The molecule has 3 atom stereocenters. The summed E-state index contributed by atoms with van der Waals surface area (Å²) >= 11 is 0. The van der Waals surface area contributed by atoms with Crippen molar-refractivity contribution in [1.29, 1.82) is 0 Å². The normalized spacial score (nSPS) is 26.6. The van der Waals surface area contributed by atoms with Crippen molar-refractivity contribution < 1.29 is 9.53 Å². The van der Waals surface area contributed by atoms with Crippen LogP contribution in [-0.4, -0.2) is 36.5 Å². The minimum atomic E-state index is 0.125. The molecule has 23 heavy (non-hydrogen) atoms.